The molecule has 0 saturated heterocycles. The molecular formula is C28H36N2O5. The van der Waals surface area contributed by atoms with E-state index in [-0.39, 0.29) is 24.9 Å². The minimum atomic E-state index is -1.08. The molecule has 0 bridgehead atoms. The van der Waals surface area contributed by atoms with Gasteiger partial charge in [0, 0.05) is 23.9 Å². The molecule has 0 aromatic heterocycles. The minimum Gasteiger partial charge on any atom is -0.480 e. The third-order valence-corrected chi connectivity index (χ3v) is 6.46. The van der Waals surface area contributed by atoms with Crippen LogP contribution in [0.5, 0.6) is 0 Å². The second-order valence-electron chi connectivity index (χ2n) is 11.1. The first-order valence-electron chi connectivity index (χ1n) is 11.9. The number of carbonyl (C=O) groups is 3. The Morgan fingerprint density at radius 2 is 1.46 bits per heavy atom. The van der Waals surface area contributed by atoms with Crippen LogP contribution < -0.4 is 5.32 Å². The number of alkyl carbamates (subject to hydrolysis) is 1. The SMILES string of the molecule is CC(C)(C)C(CC(=O)N(CC(=O)O)C(C)(C)C)NC(=O)OCC1c2ccccc2-c2ccccc21. The number of ether oxygens (including phenoxy) is 1. The summed E-state index contributed by atoms with van der Waals surface area (Å²) in [5, 5.41) is 12.1. The molecule has 2 aromatic carbocycles. The van der Waals surface area contributed by atoms with Gasteiger partial charge in [-0.1, -0.05) is 69.3 Å². The Balaban J connectivity index is 1.70. The van der Waals surface area contributed by atoms with Gasteiger partial charge >= 0.3 is 12.1 Å². The van der Waals surface area contributed by atoms with Crippen molar-refractivity contribution in [3.63, 3.8) is 0 Å². The van der Waals surface area contributed by atoms with Crippen LogP contribution in [0.15, 0.2) is 48.5 Å². The van der Waals surface area contributed by atoms with Gasteiger partial charge in [0.1, 0.15) is 13.2 Å². The number of nitrogens with one attached hydrogen (secondary N) is 1. The van der Waals surface area contributed by atoms with E-state index in [0.717, 1.165) is 22.3 Å². The summed E-state index contributed by atoms with van der Waals surface area (Å²) in [6, 6.07) is 15.7. The van der Waals surface area contributed by atoms with Crippen LogP contribution in [0, 0.1) is 5.41 Å². The monoisotopic (exact) mass is 480 g/mol. The van der Waals surface area contributed by atoms with Gasteiger partial charge in [0.25, 0.3) is 0 Å². The topological polar surface area (TPSA) is 95.9 Å². The minimum absolute atomic E-state index is 0.0295. The maximum atomic E-state index is 13.1. The van der Waals surface area contributed by atoms with Crippen molar-refractivity contribution < 1.29 is 24.2 Å². The Labute approximate surface area is 207 Å². The normalized spacial score (nSPS) is 14.0. The summed E-state index contributed by atoms with van der Waals surface area (Å²) < 4.78 is 5.67. The standard InChI is InChI=1S/C28H36N2O5/c1-27(2,3)23(15-24(31)30(16-25(32)33)28(4,5)6)29-26(34)35-17-22-20-13-9-7-11-18(20)19-12-8-10-14-21(19)22/h7-14,22-23H,15-17H2,1-6H3,(H,29,34)(H,32,33). The van der Waals surface area contributed by atoms with Gasteiger partial charge in [0.05, 0.1) is 0 Å². The Morgan fingerprint density at radius 3 is 1.91 bits per heavy atom. The number of amides is 2. The van der Waals surface area contributed by atoms with Gasteiger partial charge in [-0.3, -0.25) is 9.59 Å². The van der Waals surface area contributed by atoms with Crippen LogP contribution in [0.3, 0.4) is 0 Å². The smallest absolute Gasteiger partial charge is 0.407 e. The van der Waals surface area contributed by atoms with E-state index < -0.39 is 35.6 Å². The average Bonchev–Trinajstić information content (AvgIpc) is 3.08. The molecule has 35 heavy (non-hydrogen) atoms. The number of carboxylic acids is 1. The molecule has 0 saturated carbocycles. The summed E-state index contributed by atoms with van der Waals surface area (Å²) in [5.41, 5.74) is 3.43. The third kappa shape index (κ3) is 6.21. The lowest BCUT2D eigenvalue weighted by molar-refractivity contribution is -0.148. The van der Waals surface area contributed by atoms with Crippen LogP contribution in [0.4, 0.5) is 4.79 Å². The molecule has 0 aliphatic heterocycles. The molecule has 188 valence electrons. The van der Waals surface area contributed by atoms with Crippen molar-refractivity contribution in [1.29, 1.82) is 0 Å². The van der Waals surface area contributed by atoms with E-state index >= 15 is 0 Å². The maximum Gasteiger partial charge on any atom is 0.407 e. The highest BCUT2D eigenvalue weighted by Gasteiger charge is 2.35. The Bertz CT molecular complexity index is 1050. The van der Waals surface area contributed by atoms with Crippen LogP contribution in [0.25, 0.3) is 11.1 Å². The number of carbonyl (C=O) groups excluding carboxylic acids is 2. The van der Waals surface area contributed by atoms with Crippen molar-refractivity contribution in [2.75, 3.05) is 13.2 Å². The van der Waals surface area contributed by atoms with Crippen LogP contribution in [-0.2, 0) is 14.3 Å². The maximum absolute atomic E-state index is 13.1. The second-order valence-corrected chi connectivity index (χ2v) is 11.1. The second kappa shape index (κ2) is 10.1. The molecule has 2 aromatic rings. The molecule has 7 nitrogen and oxygen atoms in total. The van der Waals surface area contributed by atoms with Crippen LogP contribution in [0.2, 0.25) is 0 Å². The van der Waals surface area contributed by atoms with Crippen molar-refractivity contribution in [1.82, 2.24) is 10.2 Å². The zero-order valence-electron chi connectivity index (χ0n) is 21.4. The summed E-state index contributed by atoms with van der Waals surface area (Å²) in [4.78, 5) is 38.6. The predicted octanol–water partition coefficient (Wildman–Crippen LogP) is 5.04. The van der Waals surface area contributed by atoms with Gasteiger partial charge in [0.2, 0.25) is 5.91 Å². The molecule has 1 atom stereocenters. The highest BCUT2D eigenvalue weighted by molar-refractivity contribution is 5.83. The summed E-state index contributed by atoms with van der Waals surface area (Å²) in [7, 11) is 0. The van der Waals surface area contributed by atoms with Crippen LogP contribution >= 0.6 is 0 Å². The first-order valence-corrected chi connectivity index (χ1v) is 11.9. The molecule has 0 spiro atoms. The molecule has 1 unspecified atom stereocenters. The number of carboxylic acid groups (broad SMARTS) is 1. The number of nitrogens with zero attached hydrogens (tertiary/aromatic N) is 1. The van der Waals surface area contributed by atoms with Crippen molar-refractivity contribution in [3.05, 3.63) is 59.7 Å². The average molecular weight is 481 g/mol. The number of hydrogen-bond donors (Lipinski definition) is 2. The third-order valence-electron chi connectivity index (χ3n) is 6.46. The van der Waals surface area contributed by atoms with Crippen LogP contribution in [0.1, 0.15) is 65.0 Å². The Morgan fingerprint density at radius 1 is 0.943 bits per heavy atom. The Kier molecular flexibility index (Phi) is 7.58. The van der Waals surface area contributed by atoms with Gasteiger partial charge in [-0.25, -0.2) is 4.79 Å². The van der Waals surface area contributed by atoms with Gasteiger partial charge in [-0.05, 0) is 48.4 Å². The van der Waals surface area contributed by atoms with E-state index in [1.165, 1.54) is 4.90 Å². The predicted molar refractivity (Wildman–Crippen MR) is 135 cm³/mol. The highest BCUT2D eigenvalue weighted by atomic mass is 16.5. The van der Waals surface area contributed by atoms with Crippen molar-refractivity contribution in [2.24, 2.45) is 5.41 Å². The molecular weight excluding hydrogens is 444 g/mol. The number of rotatable bonds is 7. The lowest BCUT2D eigenvalue weighted by Gasteiger charge is -2.37. The van der Waals surface area contributed by atoms with Crippen molar-refractivity contribution in [3.8, 4) is 11.1 Å². The summed E-state index contributed by atoms with van der Waals surface area (Å²) in [6.45, 7) is 10.9. The van der Waals surface area contributed by atoms with E-state index in [1.807, 2.05) is 45.0 Å². The lowest BCUT2D eigenvalue weighted by Crippen LogP contribution is -2.52. The number of benzene rings is 2. The molecule has 3 rings (SSSR count). The zero-order valence-corrected chi connectivity index (χ0v) is 21.4. The molecule has 7 heteroatoms. The van der Waals surface area contributed by atoms with Gasteiger partial charge in [0.15, 0.2) is 0 Å². The van der Waals surface area contributed by atoms with Gasteiger partial charge < -0.3 is 20.1 Å². The first kappa shape index (κ1) is 26.3. The molecule has 0 fully saturated rings. The molecule has 0 radical (unpaired) electrons. The lowest BCUT2D eigenvalue weighted by atomic mass is 9.84. The quantitative estimate of drug-likeness (QED) is 0.579. The van der Waals surface area contributed by atoms with E-state index in [4.69, 9.17) is 4.74 Å². The molecule has 1 aliphatic carbocycles. The van der Waals surface area contributed by atoms with E-state index in [9.17, 15) is 19.5 Å². The van der Waals surface area contributed by atoms with E-state index in [0.29, 0.717) is 0 Å². The number of aliphatic carboxylic acids is 1. The largest absolute Gasteiger partial charge is 0.480 e. The van der Waals surface area contributed by atoms with Gasteiger partial charge in [-0.2, -0.15) is 0 Å². The molecule has 1 aliphatic rings. The summed E-state index contributed by atoms with van der Waals surface area (Å²) in [5.74, 6) is -1.47. The van der Waals surface area contributed by atoms with E-state index in [1.54, 1.807) is 20.8 Å². The summed E-state index contributed by atoms with van der Waals surface area (Å²) in [6.07, 6.45) is -0.627. The Hall–Kier alpha value is -3.35. The van der Waals surface area contributed by atoms with Crippen molar-refractivity contribution >= 4 is 18.0 Å². The number of hydrogen-bond acceptors (Lipinski definition) is 4. The van der Waals surface area contributed by atoms with Crippen LogP contribution in [-0.4, -0.2) is 52.7 Å². The number of fused-ring (bicyclic) bond motifs is 3. The van der Waals surface area contributed by atoms with E-state index in [2.05, 4.69) is 29.6 Å². The fourth-order valence-corrected chi connectivity index (χ4v) is 4.48. The molecule has 0 heterocycles. The van der Waals surface area contributed by atoms with Gasteiger partial charge in [-0.15, -0.1) is 0 Å². The highest BCUT2D eigenvalue weighted by Crippen LogP contribution is 2.44. The van der Waals surface area contributed by atoms with Crippen molar-refractivity contribution in [2.45, 2.75) is 65.5 Å². The fraction of sp³-hybridized carbons (Fsp3) is 0.464. The molecule has 2 amide bonds. The first-order chi connectivity index (χ1) is 16.3. The molecule has 2 N–H and O–H groups in total. The fourth-order valence-electron chi connectivity index (χ4n) is 4.48. The summed E-state index contributed by atoms with van der Waals surface area (Å²) >= 11 is 0. The zero-order chi connectivity index (χ0) is 26.0.